The number of rotatable bonds is 2. The average molecular weight is 326 g/mol. The van der Waals surface area contributed by atoms with Gasteiger partial charge in [0.1, 0.15) is 5.76 Å². The van der Waals surface area contributed by atoms with E-state index >= 15 is 0 Å². The van der Waals surface area contributed by atoms with Crippen LogP contribution in [0.15, 0.2) is 16.8 Å². The lowest BCUT2D eigenvalue weighted by Gasteiger charge is -2.33. The van der Waals surface area contributed by atoms with Crippen LogP contribution in [0.5, 0.6) is 0 Å². The van der Waals surface area contributed by atoms with E-state index in [1.54, 1.807) is 17.8 Å². The number of carbonyl (C=O) groups excluding carboxylic acids is 1. The number of hydrogen-bond acceptors (Lipinski definition) is 5. The van der Waals surface area contributed by atoms with Crippen LogP contribution in [0.25, 0.3) is 11.5 Å². The average Bonchev–Trinajstić information content (AvgIpc) is 3.05. The third-order valence-corrected chi connectivity index (χ3v) is 3.71. The number of amides is 1. The van der Waals surface area contributed by atoms with Gasteiger partial charge in [-0.1, -0.05) is 0 Å². The first-order valence-corrected chi connectivity index (χ1v) is 7.04. The molecule has 1 fully saturated rings. The number of carbonyl (C=O) groups is 1. The van der Waals surface area contributed by atoms with Gasteiger partial charge in [0.25, 0.3) is 5.91 Å². The number of piperazine rings is 1. The van der Waals surface area contributed by atoms with E-state index < -0.39 is 0 Å². The maximum atomic E-state index is 12.6. The van der Waals surface area contributed by atoms with Crippen molar-refractivity contribution in [2.45, 2.75) is 19.9 Å². The van der Waals surface area contributed by atoms with Gasteiger partial charge in [-0.05, 0) is 13.8 Å². The molecule has 0 aromatic carbocycles. The van der Waals surface area contributed by atoms with Crippen LogP contribution in [0.1, 0.15) is 23.2 Å². The fourth-order valence-corrected chi connectivity index (χ4v) is 2.53. The summed E-state index contributed by atoms with van der Waals surface area (Å²) >= 11 is 0. The smallest absolute Gasteiger partial charge is 0.276 e. The van der Waals surface area contributed by atoms with E-state index in [4.69, 9.17) is 4.42 Å². The predicted molar refractivity (Wildman–Crippen MR) is 84.1 cm³/mol. The second-order valence-corrected chi connectivity index (χ2v) is 5.38. The lowest BCUT2D eigenvalue weighted by Crippen LogP contribution is -2.52. The summed E-state index contributed by atoms with van der Waals surface area (Å²) in [5.74, 6) is 0.914. The van der Waals surface area contributed by atoms with Gasteiger partial charge in [-0.15, -0.1) is 12.4 Å². The monoisotopic (exact) mass is 325 g/mol. The zero-order chi connectivity index (χ0) is 15.0. The van der Waals surface area contributed by atoms with Crippen LogP contribution in [0.4, 0.5) is 0 Å². The zero-order valence-corrected chi connectivity index (χ0v) is 13.7. The minimum atomic E-state index is -0.0691. The minimum absolute atomic E-state index is 0. The maximum absolute atomic E-state index is 12.6. The Balaban J connectivity index is 0.00000176. The Kier molecular flexibility index (Phi) is 4.87. The summed E-state index contributed by atoms with van der Waals surface area (Å²) in [5.41, 5.74) is 1.16. The molecular formula is C14H20ClN5O2. The highest BCUT2D eigenvalue weighted by atomic mass is 35.5. The molecule has 1 N–H and O–H groups in total. The molecule has 1 aliphatic rings. The van der Waals surface area contributed by atoms with Crippen molar-refractivity contribution >= 4 is 18.3 Å². The second-order valence-electron chi connectivity index (χ2n) is 5.38. The zero-order valence-electron chi connectivity index (χ0n) is 12.9. The van der Waals surface area contributed by atoms with E-state index in [1.165, 1.54) is 0 Å². The van der Waals surface area contributed by atoms with E-state index in [2.05, 4.69) is 15.4 Å². The molecular weight excluding hydrogens is 306 g/mol. The van der Waals surface area contributed by atoms with Crippen molar-refractivity contribution in [3.63, 3.8) is 0 Å². The van der Waals surface area contributed by atoms with Gasteiger partial charge in [-0.3, -0.25) is 9.48 Å². The molecule has 0 spiro atoms. The normalized spacial score (nSPS) is 18.1. The van der Waals surface area contributed by atoms with Gasteiger partial charge >= 0.3 is 0 Å². The summed E-state index contributed by atoms with van der Waals surface area (Å²) in [6, 6.07) is 0.157. The molecule has 120 valence electrons. The molecule has 2 aromatic heterocycles. The molecule has 1 saturated heterocycles. The Morgan fingerprint density at radius 2 is 2.27 bits per heavy atom. The number of hydrogen-bond donors (Lipinski definition) is 1. The van der Waals surface area contributed by atoms with E-state index in [9.17, 15) is 4.79 Å². The van der Waals surface area contributed by atoms with E-state index in [1.807, 2.05) is 25.1 Å². The van der Waals surface area contributed by atoms with Gasteiger partial charge in [0.05, 0.1) is 11.8 Å². The molecule has 0 unspecified atom stereocenters. The van der Waals surface area contributed by atoms with Crippen LogP contribution in [-0.2, 0) is 7.05 Å². The van der Waals surface area contributed by atoms with Crippen molar-refractivity contribution in [2.75, 3.05) is 19.6 Å². The lowest BCUT2D eigenvalue weighted by atomic mass is 10.2. The van der Waals surface area contributed by atoms with Crippen molar-refractivity contribution in [1.29, 1.82) is 0 Å². The highest BCUT2D eigenvalue weighted by molar-refractivity contribution is 5.94. The Hall–Kier alpha value is -1.86. The molecule has 1 amide bonds. The summed E-state index contributed by atoms with van der Waals surface area (Å²) in [6.45, 7) is 6.10. The quantitative estimate of drug-likeness (QED) is 0.899. The van der Waals surface area contributed by atoms with Crippen LogP contribution in [0.3, 0.4) is 0 Å². The molecule has 1 atom stereocenters. The summed E-state index contributed by atoms with van der Waals surface area (Å²) < 4.78 is 7.31. The molecule has 2 aromatic rings. The molecule has 0 saturated carbocycles. The van der Waals surface area contributed by atoms with Crippen molar-refractivity contribution in [1.82, 2.24) is 25.0 Å². The van der Waals surface area contributed by atoms with Crippen LogP contribution >= 0.6 is 12.4 Å². The SMILES string of the molecule is Cc1oc(-c2cnn(C)c2)nc1C(=O)N1CCNC[C@H]1C.Cl. The Morgan fingerprint density at radius 1 is 1.50 bits per heavy atom. The van der Waals surface area contributed by atoms with Gasteiger partial charge in [-0.25, -0.2) is 4.98 Å². The Bertz CT molecular complexity index is 666. The maximum Gasteiger partial charge on any atom is 0.276 e. The van der Waals surface area contributed by atoms with Crippen LogP contribution in [0.2, 0.25) is 0 Å². The molecule has 0 radical (unpaired) electrons. The second kappa shape index (κ2) is 6.50. The van der Waals surface area contributed by atoms with Gasteiger partial charge < -0.3 is 14.6 Å². The number of halogens is 1. The fourth-order valence-electron chi connectivity index (χ4n) is 2.53. The van der Waals surface area contributed by atoms with E-state index in [0.29, 0.717) is 23.9 Å². The van der Waals surface area contributed by atoms with Gasteiger partial charge in [0.2, 0.25) is 5.89 Å². The molecule has 7 nitrogen and oxygen atoms in total. The summed E-state index contributed by atoms with van der Waals surface area (Å²) in [4.78, 5) is 18.8. The first-order chi connectivity index (χ1) is 10.1. The van der Waals surface area contributed by atoms with Gasteiger partial charge in [0, 0.05) is 38.9 Å². The number of aromatic nitrogens is 3. The molecule has 3 heterocycles. The van der Waals surface area contributed by atoms with Crippen molar-refractivity contribution in [3.05, 3.63) is 23.8 Å². The molecule has 8 heteroatoms. The summed E-state index contributed by atoms with van der Waals surface area (Å²) in [5, 5.41) is 7.36. The van der Waals surface area contributed by atoms with E-state index in [0.717, 1.165) is 18.7 Å². The standard InChI is InChI=1S/C14H19N5O2.ClH/c1-9-6-15-4-5-19(9)14(20)12-10(2)21-13(17-12)11-7-16-18(3)8-11;/h7-9,15H,4-6H2,1-3H3;1H/t9-;/m1./s1. The minimum Gasteiger partial charge on any atom is -0.440 e. The predicted octanol–water partition coefficient (Wildman–Crippen LogP) is 1.24. The van der Waals surface area contributed by atoms with Crippen molar-refractivity contribution in [3.8, 4) is 11.5 Å². The summed E-state index contributed by atoms with van der Waals surface area (Å²) in [6.07, 6.45) is 3.49. The van der Waals surface area contributed by atoms with Crippen molar-refractivity contribution in [2.24, 2.45) is 7.05 Å². The van der Waals surface area contributed by atoms with Crippen LogP contribution < -0.4 is 5.32 Å². The van der Waals surface area contributed by atoms with Gasteiger partial charge in [0.15, 0.2) is 5.69 Å². The van der Waals surface area contributed by atoms with Crippen LogP contribution in [-0.4, -0.2) is 51.2 Å². The van der Waals surface area contributed by atoms with E-state index in [-0.39, 0.29) is 24.4 Å². The Morgan fingerprint density at radius 3 is 2.91 bits per heavy atom. The van der Waals surface area contributed by atoms with Crippen molar-refractivity contribution < 1.29 is 9.21 Å². The number of oxazole rings is 1. The largest absolute Gasteiger partial charge is 0.440 e. The molecule has 1 aliphatic heterocycles. The van der Waals surface area contributed by atoms with Crippen LogP contribution in [0, 0.1) is 6.92 Å². The first-order valence-electron chi connectivity index (χ1n) is 7.04. The molecule has 22 heavy (non-hydrogen) atoms. The highest BCUT2D eigenvalue weighted by Crippen LogP contribution is 2.22. The lowest BCUT2D eigenvalue weighted by molar-refractivity contribution is 0.0648. The topological polar surface area (TPSA) is 76.2 Å². The molecule has 0 bridgehead atoms. The fraction of sp³-hybridized carbons (Fsp3) is 0.500. The third-order valence-electron chi connectivity index (χ3n) is 3.71. The Labute approximate surface area is 135 Å². The molecule has 3 rings (SSSR count). The summed E-state index contributed by atoms with van der Waals surface area (Å²) in [7, 11) is 1.83. The first kappa shape index (κ1) is 16.5. The number of nitrogens with one attached hydrogen (secondary N) is 1. The number of aryl methyl sites for hydroxylation is 2. The van der Waals surface area contributed by atoms with Gasteiger partial charge in [-0.2, -0.15) is 5.10 Å². The third kappa shape index (κ3) is 3.00. The number of nitrogens with zero attached hydrogens (tertiary/aromatic N) is 4. The highest BCUT2D eigenvalue weighted by Gasteiger charge is 2.28. The molecule has 0 aliphatic carbocycles.